The molecule has 25 heavy (non-hydrogen) atoms. The first-order chi connectivity index (χ1) is 11.5. The molecule has 0 bridgehead atoms. The van der Waals surface area contributed by atoms with Crippen LogP contribution in [0, 0.1) is 6.92 Å². The van der Waals surface area contributed by atoms with Crippen LogP contribution in [0.4, 0.5) is 0 Å². The van der Waals surface area contributed by atoms with Gasteiger partial charge in [-0.2, -0.15) is 6.42 Å². The molecule has 0 atom stereocenters. The topological polar surface area (TPSA) is 74.6 Å². The van der Waals surface area contributed by atoms with Gasteiger partial charge in [-0.3, -0.25) is 9.59 Å². The number of hydrogen-bond acceptors (Lipinski definition) is 2. The molecular weight excluding hydrogens is 327 g/mol. The third kappa shape index (κ3) is 35.8. The third-order valence-corrected chi connectivity index (χ3v) is 3.91. The Morgan fingerprint density at radius 1 is 0.640 bits per heavy atom. The van der Waals surface area contributed by atoms with Gasteiger partial charge in [-0.1, -0.05) is 90.4 Å². The third-order valence-electron chi connectivity index (χ3n) is 3.91. The Labute approximate surface area is 177 Å². The summed E-state index contributed by atoms with van der Waals surface area (Å²) in [6.07, 6.45) is 19.2. The fraction of sp³-hybridized carbons (Fsp3) is 0.850. The van der Waals surface area contributed by atoms with E-state index in [2.05, 4.69) is 13.8 Å². The van der Waals surface area contributed by atoms with E-state index >= 15 is 0 Å². The van der Waals surface area contributed by atoms with Crippen molar-refractivity contribution < 1.29 is 49.4 Å². The van der Waals surface area contributed by atoms with Crippen LogP contribution in [0.5, 0.6) is 0 Å². The second-order valence-electron chi connectivity index (χ2n) is 6.38. The van der Waals surface area contributed by atoms with Crippen LogP contribution in [-0.4, -0.2) is 22.2 Å². The molecule has 4 nitrogen and oxygen atoms in total. The van der Waals surface area contributed by atoms with E-state index in [1.165, 1.54) is 83.5 Å². The number of rotatable bonds is 16. The van der Waals surface area contributed by atoms with Crippen molar-refractivity contribution in [3.63, 3.8) is 0 Å². The van der Waals surface area contributed by atoms with Gasteiger partial charge in [-0.25, -0.2) is 0 Å². The van der Waals surface area contributed by atoms with E-state index in [9.17, 15) is 9.59 Å². The fourth-order valence-corrected chi connectivity index (χ4v) is 2.41. The van der Waals surface area contributed by atoms with Gasteiger partial charge in [-0.05, 0) is 0 Å². The minimum Gasteiger partial charge on any atom is -0.481 e. The van der Waals surface area contributed by atoms with E-state index < -0.39 is 11.9 Å². The van der Waals surface area contributed by atoms with Crippen molar-refractivity contribution in [3.05, 3.63) is 6.92 Å². The fourth-order valence-electron chi connectivity index (χ4n) is 2.41. The zero-order valence-corrected chi connectivity index (χ0v) is 18.7. The molecule has 5 heteroatoms. The molecule has 0 aliphatic heterocycles. The van der Waals surface area contributed by atoms with Crippen LogP contribution in [0.25, 0.3) is 0 Å². The Balaban J connectivity index is -0.000000457. The van der Waals surface area contributed by atoms with E-state index in [-0.39, 0.29) is 42.4 Å². The Morgan fingerprint density at radius 3 is 1.16 bits per heavy atom. The Hall–Kier alpha value is -0.0600. The molecule has 0 aliphatic rings. The molecule has 0 saturated heterocycles. The summed E-state index contributed by atoms with van der Waals surface area (Å²) in [7, 11) is 0. The Bertz CT molecular complexity index is 255. The van der Waals surface area contributed by atoms with Gasteiger partial charge in [0.15, 0.2) is 0 Å². The quantitative estimate of drug-likeness (QED) is 0.250. The number of carboxylic acids is 2. The van der Waals surface area contributed by atoms with Crippen molar-refractivity contribution in [1.29, 1.82) is 0 Å². The summed E-state index contributed by atoms with van der Waals surface area (Å²) in [5.41, 5.74) is 0. The molecule has 2 N–H and O–H groups in total. The van der Waals surface area contributed by atoms with Crippen LogP contribution < -0.4 is 29.6 Å². The summed E-state index contributed by atoms with van der Waals surface area (Å²) in [5.74, 6) is -2.15. The molecule has 0 saturated carbocycles. The van der Waals surface area contributed by atoms with Crippen LogP contribution in [0.15, 0.2) is 0 Å². The maximum atomic E-state index is 9.64. The van der Waals surface area contributed by atoms with Crippen molar-refractivity contribution in [2.45, 2.75) is 110 Å². The molecule has 0 rings (SSSR count). The number of aliphatic carboxylic acids is 2. The average Bonchev–Trinajstić information content (AvgIpc) is 2.54. The number of hydrogen-bond donors (Lipinski definition) is 2. The molecule has 0 aromatic rings. The molecule has 0 heterocycles. The monoisotopic (exact) mass is 366 g/mol. The van der Waals surface area contributed by atoms with E-state index in [1.54, 1.807) is 0 Å². The zero-order valence-electron chi connectivity index (χ0n) is 16.7. The Kier molecular flexibility index (Phi) is 31.1. The summed E-state index contributed by atoms with van der Waals surface area (Å²) in [6.45, 7) is 6.16. The van der Waals surface area contributed by atoms with E-state index in [1.807, 2.05) is 0 Å². The molecule has 0 amide bonds. The smallest absolute Gasteiger partial charge is 0.481 e. The summed E-state index contributed by atoms with van der Waals surface area (Å²) < 4.78 is 0. The van der Waals surface area contributed by atoms with Crippen LogP contribution in [0.1, 0.15) is 110 Å². The molecule has 0 fully saturated rings. The van der Waals surface area contributed by atoms with Gasteiger partial charge in [0.25, 0.3) is 0 Å². The average molecular weight is 367 g/mol. The molecule has 144 valence electrons. The first-order valence-electron chi connectivity index (χ1n) is 9.77. The van der Waals surface area contributed by atoms with Crippen LogP contribution in [0.2, 0.25) is 0 Å². The van der Waals surface area contributed by atoms with Gasteiger partial charge in [-0.15, -0.1) is 0 Å². The van der Waals surface area contributed by atoms with E-state index in [0.29, 0.717) is 0 Å². The van der Waals surface area contributed by atoms with Crippen LogP contribution in [-0.2, 0) is 9.59 Å². The van der Waals surface area contributed by atoms with Crippen molar-refractivity contribution in [1.82, 2.24) is 0 Å². The first-order valence-corrected chi connectivity index (χ1v) is 9.77. The molecule has 0 unspecified atom stereocenters. The molecule has 0 aromatic heterocycles. The first kappa shape index (κ1) is 29.7. The van der Waals surface area contributed by atoms with Crippen molar-refractivity contribution in [2.24, 2.45) is 0 Å². The SMILES string of the molecule is O=C(O)CCC(=O)O.[CH2-]CCCCCCCCCCCCCCC.[Na+]. The van der Waals surface area contributed by atoms with Gasteiger partial charge in [0, 0.05) is 0 Å². The number of carbonyl (C=O) groups is 2. The predicted octanol–water partition coefficient (Wildman–Crippen LogP) is 3.24. The van der Waals surface area contributed by atoms with Crippen molar-refractivity contribution >= 4 is 11.9 Å². The Morgan fingerprint density at radius 2 is 0.920 bits per heavy atom. The van der Waals surface area contributed by atoms with Gasteiger partial charge in [0.2, 0.25) is 0 Å². The zero-order chi connectivity index (χ0) is 18.5. The van der Waals surface area contributed by atoms with Crippen LogP contribution >= 0.6 is 0 Å². The minimum atomic E-state index is -1.08. The predicted molar refractivity (Wildman–Crippen MR) is 100 cm³/mol. The van der Waals surface area contributed by atoms with Crippen molar-refractivity contribution in [3.8, 4) is 0 Å². The number of carboxylic acid groups (broad SMARTS) is 2. The summed E-state index contributed by atoms with van der Waals surface area (Å²) in [5, 5.41) is 15.8. The molecular formula is C20H39NaO4. The van der Waals surface area contributed by atoms with E-state index in [0.717, 1.165) is 6.42 Å². The second-order valence-corrected chi connectivity index (χ2v) is 6.38. The van der Waals surface area contributed by atoms with Gasteiger partial charge >= 0.3 is 41.5 Å². The van der Waals surface area contributed by atoms with E-state index in [4.69, 9.17) is 10.2 Å². The van der Waals surface area contributed by atoms with Crippen LogP contribution in [0.3, 0.4) is 0 Å². The minimum absolute atomic E-state index is 0. The molecule has 0 radical (unpaired) electrons. The number of unbranched alkanes of at least 4 members (excludes halogenated alkanes) is 13. The maximum Gasteiger partial charge on any atom is 1.00 e. The second kappa shape index (κ2) is 26.2. The summed E-state index contributed by atoms with van der Waals surface area (Å²) >= 11 is 0. The van der Waals surface area contributed by atoms with Gasteiger partial charge in [0.05, 0.1) is 12.8 Å². The summed E-state index contributed by atoms with van der Waals surface area (Å²) in [4.78, 5) is 19.3. The standard InChI is InChI=1S/C16H33.C4H6O4.Na/c1-3-5-7-9-11-13-15-16-14-12-10-8-6-4-2;5-3(6)1-2-4(7)8;/h1,3-16H2,2H3;1-2H2,(H,5,6)(H,7,8);/q-1;;+1. The maximum absolute atomic E-state index is 9.64. The summed E-state index contributed by atoms with van der Waals surface area (Å²) in [6, 6.07) is 0. The molecule has 0 aromatic carbocycles. The van der Waals surface area contributed by atoms with Crippen molar-refractivity contribution in [2.75, 3.05) is 0 Å². The molecule has 0 aliphatic carbocycles. The van der Waals surface area contributed by atoms with Gasteiger partial charge in [0.1, 0.15) is 0 Å². The normalized spacial score (nSPS) is 9.68. The largest absolute Gasteiger partial charge is 1.00 e. The molecule has 0 spiro atoms. The van der Waals surface area contributed by atoms with Gasteiger partial charge < -0.3 is 17.1 Å².